The lowest BCUT2D eigenvalue weighted by Crippen LogP contribution is -2.22. The van der Waals surface area contributed by atoms with Crippen molar-refractivity contribution in [2.24, 2.45) is 0 Å². The van der Waals surface area contributed by atoms with Gasteiger partial charge in [-0.25, -0.2) is 0 Å². The highest BCUT2D eigenvalue weighted by Gasteiger charge is 2.08. The fourth-order valence-corrected chi connectivity index (χ4v) is 1.98. The van der Waals surface area contributed by atoms with Crippen molar-refractivity contribution in [3.05, 3.63) is 63.6 Å². The van der Waals surface area contributed by atoms with E-state index < -0.39 is 0 Å². The predicted molar refractivity (Wildman–Crippen MR) is 78.5 cm³/mol. The molecule has 0 spiro atoms. The molecule has 0 saturated heterocycles. The van der Waals surface area contributed by atoms with Gasteiger partial charge in [0.15, 0.2) is 0 Å². The Hall–Kier alpha value is -1.71. The van der Waals surface area contributed by atoms with Crippen LogP contribution in [0.3, 0.4) is 0 Å². The largest absolute Gasteiger partial charge is 0.399 e. The summed E-state index contributed by atoms with van der Waals surface area (Å²) in [6.45, 7) is 0.322. The normalized spacial score (nSPS) is 10.2. The van der Waals surface area contributed by atoms with Crippen LogP contribution >= 0.6 is 23.2 Å². The molecule has 0 aromatic heterocycles. The van der Waals surface area contributed by atoms with Crippen LogP contribution in [0.15, 0.2) is 42.5 Å². The van der Waals surface area contributed by atoms with E-state index in [0.717, 1.165) is 5.56 Å². The quantitative estimate of drug-likeness (QED) is 0.851. The van der Waals surface area contributed by atoms with Crippen LogP contribution in [0.4, 0.5) is 5.69 Å². The number of rotatable bonds is 3. The molecule has 3 nitrogen and oxygen atoms in total. The van der Waals surface area contributed by atoms with E-state index in [4.69, 9.17) is 28.9 Å². The molecule has 2 rings (SSSR count). The van der Waals surface area contributed by atoms with Gasteiger partial charge in [-0.1, -0.05) is 35.3 Å². The van der Waals surface area contributed by atoms with Gasteiger partial charge in [-0.15, -0.1) is 0 Å². The summed E-state index contributed by atoms with van der Waals surface area (Å²) in [6, 6.07) is 12.0. The van der Waals surface area contributed by atoms with Crippen molar-refractivity contribution in [2.75, 3.05) is 5.73 Å². The smallest absolute Gasteiger partial charge is 0.251 e. The van der Waals surface area contributed by atoms with Gasteiger partial charge in [0.05, 0.1) is 10.0 Å². The highest BCUT2D eigenvalue weighted by atomic mass is 35.5. The van der Waals surface area contributed by atoms with Crippen LogP contribution in [-0.4, -0.2) is 5.91 Å². The molecule has 2 aromatic rings. The second kappa shape index (κ2) is 5.95. The lowest BCUT2D eigenvalue weighted by Gasteiger charge is -2.08. The van der Waals surface area contributed by atoms with Gasteiger partial charge in [0.25, 0.3) is 5.91 Å². The molecule has 0 radical (unpaired) electrons. The van der Waals surface area contributed by atoms with E-state index in [-0.39, 0.29) is 5.91 Å². The molecule has 0 unspecified atom stereocenters. The second-order valence-electron chi connectivity index (χ2n) is 4.02. The van der Waals surface area contributed by atoms with Gasteiger partial charge in [-0.2, -0.15) is 0 Å². The number of nitrogens with one attached hydrogen (secondary N) is 1. The number of halogens is 2. The zero-order chi connectivity index (χ0) is 13.8. The van der Waals surface area contributed by atoms with Gasteiger partial charge in [-0.3, -0.25) is 4.79 Å². The van der Waals surface area contributed by atoms with Crippen molar-refractivity contribution < 1.29 is 4.79 Å². The average molecular weight is 295 g/mol. The summed E-state index contributed by atoms with van der Waals surface area (Å²) in [5.74, 6) is -0.184. The summed E-state index contributed by atoms with van der Waals surface area (Å²) >= 11 is 11.9. The fourth-order valence-electron chi connectivity index (χ4n) is 1.60. The third kappa shape index (κ3) is 3.40. The van der Waals surface area contributed by atoms with Gasteiger partial charge in [0.1, 0.15) is 0 Å². The fraction of sp³-hybridized carbons (Fsp3) is 0.0714. The molecule has 0 atom stereocenters. The first-order chi connectivity index (χ1) is 9.08. The number of nitrogens with two attached hydrogens (primary N) is 1. The van der Waals surface area contributed by atoms with Crippen LogP contribution in [0.25, 0.3) is 0 Å². The van der Waals surface area contributed by atoms with Crippen molar-refractivity contribution in [3.8, 4) is 0 Å². The maximum atomic E-state index is 11.9. The zero-order valence-electron chi connectivity index (χ0n) is 9.99. The van der Waals surface area contributed by atoms with Crippen molar-refractivity contribution in [3.63, 3.8) is 0 Å². The molecule has 98 valence electrons. The van der Waals surface area contributed by atoms with Crippen LogP contribution < -0.4 is 11.1 Å². The number of amides is 1. The number of nitrogen functional groups attached to an aromatic ring is 1. The molecule has 19 heavy (non-hydrogen) atoms. The molecule has 0 aliphatic heterocycles. The van der Waals surface area contributed by atoms with Crippen LogP contribution in [0.2, 0.25) is 10.0 Å². The number of benzene rings is 2. The van der Waals surface area contributed by atoms with Crippen molar-refractivity contribution in [2.45, 2.75) is 6.54 Å². The Kier molecular flexibility index (Phi) is 4.30. The van der Waals surface area contributed by atoms with E-state index in [1.165, 1.54) is 0 Å². The Labute approximate surface area is 121 Å². The van der Waals surface area contributed by atoms with Gasteiger partial charge < -0.3 is 11.1 Å². The third-order valence-electron chi connectivity index (χ3n) is 2.64. The summed E-state index contributed by atoms with van der Waals surface area (Å²) < 4.78 is 0. The number of carbonyl (C=O) groups excluding carboxylic acids is 1. The van der Waals surface area contributed by atoms with Crippen molar-refractivity contribution in [1.29, 1.82) is 0 Å². The number of carbonyl (C=O) groups is 1. The Bertz CT molecular complexity index is 597. The SMILES string of the molecule is Nc1ccc(C(=O)NCc2cccc(Cl)c2Cl)cc1. The van der Waals surface area contributed by atoms with Crippen LogP contribution in [0.5, 0.6) is 0 Å². The molecular formula is C14H12Cl2N2O. The summed E-state index contributed by atoms with van der Waals surface area (Å²) in [5.41, 5.74) is 7.51. The van der Waals surface area contributed by atoms with Gasteiger partial charge >= 0.3 is 0 Å². The van der Waals surface area contributed by atoms with Gasteiger partial charge in [0, 0.05) is 17.8 Å². The van der Waals surface area contributed by atoms with Crippen molar-refractivity contribution in [1.82, 2.24) is 5.32 Å². The molecule has 0 fully saturated rings. The molecule has 1 amide bonds. The summed E-state index contributed by atoms with van der Waals surface area (Å²) in [5, 5.41) is 3.71. The Morgan fingerprint density at radius 3 is 2.47 bits per heavy atom. The molecule has 5 heteroatoms. The minimum absolute atomic E-state index is 0.184. The molecule has 0 aliphatic rings. The number of hydrogen-bond donors (Lipinski definition) is 2. The van der Waals surface area contributed by atoms with Crippen LogP contribution in [0.1, 0.15) is 15.9 Å². The van der Waals surface area contributed by atoms with Crippen LogP contribution in [0, 0.1) is 0 Å². The van der Waals surface area contributed by atoms with E-state index in [1.54, 1.807) is 36.4 Å². The van der Waals surface area contributed by atoms with E-state index in [0.29, 0.717) is 27.8 Å². The number of anilines is 1. The van der Waals surface area contributed by atoms with Crippen LogP contribution in [-0.2, 0) is 6.54 Å². The topological polar surface area (TPSA) is 55.1 Å². The van der Waals surface area contributed by atoms with E-state index >= 15 is 0 Å². The first-order valence-corrected chi connectivity index (χ1v) is 6.40. The minimum Gasteiger partial charge on any atom is -0.399 e. The maximum Gasteiger partial charge on any atom is 0.251 e. The van der Waals surface area contributed by atoms with E-state index in [2.05, 4.69) is 5.32 Å². The van der Waals surface area contributed by atoms with Gasteiger partial charge in [0.2, 0.25) is 0 Å². The average Bonchev–Trinajstić information content (AvgIpc) is 2.41. The molecule has 0 bridgehead atoms. The van der Waals surface area contributed by atoms with Crippen molar-refractivity contribution >= 4 is 34.8 Å². The molecule has 0 saturated carbocycles. The standard InChI is InChI=1S/C14H12Cl2N2O/c15-12-3-1-2-10(13(12)16)8-18-14(19)9-4-6-11(17)7-5-9/h1-7H,8,17H2,(H,18,19). The summed E-state index contributed by atoms with van der Waals surface area (Å²) in [6.07, 6.45) is 0. The minimum atomic E-state index is -0.184. The third-order valence-corrected chi connectivity index (χ3v) is 3.50. The molecular weight excluding hydrogens is 283 g/mol. The molecule has 0 aliphatic carbocycles. The van der Waals surface area contributed by atoms with Gasteiger partial charge in [-0.05, 0) is 35.9 Å². The lowest BCUT2D eigenvalue weighted by molar-refractivity contribution is 0.0951. The summed E-state index contributed by atoms with van der Waals surface area (Å²) in [4.78, 5) is 11.9. The van der Waals surface area contributed by atoms with E-state index in [1.807, 2.05) is 6.07 Å². The first-order valence-electron chi connectivity index (χ1n) is 5.64. The molecule has 3 N–H and O–H groups in total. The highest BCUT2D eigenvalue weighted by Crippen LogP contribution is 2.25. The Morgan fingerprint density at radius 1 is 1.11 bits per heavy atom. The predicted octanol–water partition coefficient (Wildman–Crippen LogP) is 3.51. The first kappa shape index (κ1) is 13.7. The molecule has 0 heterocycles. The number of hydrogen-bond acceptors (Lipinski definition) is 2. The highest BCUT2D eigenvalue weighted by molar-refractivity contribution is 6.42. The Morgan fingerprint density at radius 2 is 1.79 bits per heavy atom. The monoisotopic (exact) mass is 294 g/mol. The van der Waals surface area contributed by atoms with E-state index in [9.17, 15) is 4.79 Å². The second-order valence-corrected chi connectivity index (χ2v) is 4.80. The zero-order valence-corrected chi connectivity index (χ0v) is 11.5. The lowest BCUT2D eigenvalue weighted by atomic mass is 10.2. The summed E-state index contributed by atoms with van der Waals surface area (Å²) in [7, 11) is 0. The maximum absolute atomic E-state index is 11.9. The Balaban J connectivity index is 2.04. The molecule has 2 aromatic carbocycles.